The minimum absolute atomic E-state index is 0. The molecular formula is C55H70N2O23S5-4. The number of carboxylic acids is 1. The first-order chi connectivity index (χ1) is 39.3. The summed E-state index contributed by atoms with van der Waals surface area (Å²) in [7, 11) is -24.7. The zero-order chi connectivity index (χ0) is 61.9. The lowest BCUT2D eigenvalue weighted by atomic mass is 9.75. The van der Waals surface area contributed by atoms with Crippen molar-refractivity contribution in [1.29, 1.82) is 0 Å². The van der Waals surface area contributed by atoms with Crippen LogP contribution in [-0.4, -0.2) is 185 Å². The highest BCUT2D eigenvalue weighted by Gasteiger charge is 2.47. The molecule has 0 aromatic heterocycles. The van der Waals surface area contributed by atoms with Crippen LogP contribution in [0.4, 0.5) is 11.4 Å². The van der Waals surface area contributed by atoms with Gasteiger partial charge in [-0.3, -0.25) is 4.79 Å². The summed E-state index contributed by atoms with van der Waals surface area (Å²) in [5.41, 5.74) is -0.194. The zero-order valence-electron chi connectivity index (χ0n) is 46.5. The fraction of sp³-hybridized carbons (Fsp3) is 0.491. The first kappa shape index (κ1) is 70.6. The van der Waals surface area contributed by atoms with E-state index in [-0.39, 0.29) is 99.9 Å². The second kappa shape index (κ2) is 29.7. The summed E-state index contributed by atoms with van der Waals surface area (Å²) in [6.07, 6.45) is 8.94. The van der Waals surface area contributed by atoms with E-state index in [1.165, 1.54) is 18.2 Å². The van der Waals surface area contributed by atoms with Gasteiger partial charge in [-0.2, -0.15) is 4.58 Å². The van der Waals surface area contributed by atoms with Crippen LogP contribution in [0.3, 0.4) is 0 Å². The number of unbranched alkanes of at least 4 members (excludes halogenated alkanes) is 2. The third-order valence-corrected chi connectivity index (χ3v) is 18.4. The maximum absolute atomic E-state index is 12.7. The molecule has 2 aliphatic heterocycles. The second-order valence-electron chi connectivity index (χ2n) is 20.3. The number of carbonyl (C=O) groups is 1. The third kappa shape index (κ3) is 18.2. The molecule has 1 unspecified atom stereocenters. The molecule has 0 aliphatic carbocycles. The van der Waals surface area contributed by atoms with E-state index in [0.29, 0.717) is 99.4 Å². The molecule has 2 aliphatic rings. The van der Waals surface area contributed by atoms with Crippen molar-refractivity contribution in [3.63, 3.8) is 0 Å². The van der Waals surface area contributed by atoms with Crippen molar-refractivity contribution in [2.24, 2.45) is 0 Å². The van der Waals surface area contributed by atoms with Crippen molar-refractivity contribution in [1.82, 2.24) is 0 Å². The molecule has 1 atom stereocenters. The van der Waals surface area contributed by atoms with Crippen molar-refractivity contribution in [3.05, 3.63) is 95.7 Å². The number of rotatable bonds is 35. The van der Waals surface area contributed by atoms with Crippen LogP contribution in [0.1, 0.15) is 77.8 Å². The van der Waals surface area contributed by atoms with Crippen molar-refractivity contribution < 1.29 is 108 Å². The van der Waals surface area contributed by atoms with Crippen LogP contribution in [0.25, 0.3) is 21.5 Å². The SMILES string of the molecule is C.COCCOCCOCCOCCOCCOCCN1C(=CC=CC=CC2=[N+](CCCCCC(=O)O)c3ccc4c(S(=O)(=O)[O-])cc(S(=O)(=O)[O-])cc4c3C2(C)C)C(C)(CCCS(=O)(=O)[O-])c2c1ccc1c(S(=O)(=O)[O-])cc(S(=O)(=O)[O-])cc21. The number of hydrogen-bond donors (Lipinski definition) is 1. The standard InChI is InChI=1S/C54H70N2O23S5.CH4/c1-53(2)48(55(20-10-6-9-14-50(57)58)44-17-15-40-42(51(44)53)34-38(81(62,63)64)36-46(40)83(68,69)70)12-7-5-8-13-49-54(3,19-11-33-80(59,60)61)52-43-35-39(82(65,66)67)37-47(84(71,72)73)41(43)16-18-45(52)56(49)21-22-75-25-26-77-29-30-79-32-31-78-28-27-76-24-23-74-4;/h5,7-8,12-13,15-18,34-37H,6,9-11,14,19-33H2,1-4H3,(H5-,57,58,59,60,61,62,63,64,65,66,67,68,69,70,71,72,73);1H4/p-4. The maximum atomic E-state index is 12.7. The van der Waals surface area contributed by atoms with Crippen LogP contribution in [0.5, 0.6) is 0 Å². The quantitative estimate of drug-likeness (QED) is 0.0271. The van der Waals surface area contributed by atoms with Gasteiger partial charge in [-0.15, -0.1) is 0 Å². The Labute approximate surface area is 496 Å². The molecule has 0 fully saturated rings. The number of carboxylic acid groups (broad SMARTS) is 1. The van der Waals surface area contributed by atoms with Gasteiger partial charge in [0.2, 0.25) is 5.69 Å². The topological polar surface area (TPSA) is 385 Å². The number of fused-ring (bicyclic) bond motifs is 6. The number of benzene rings is 4. The first-order valence-corrected chi connectivity index (χ1v) is 33.6. The molecule has 6 rings (SSSR count). The number of hydrogen-bond acceptors (Lipinski definition) is 23. The number of aliphatic carboxylic acids is 1. The Balaban J connectivity index is 0.0000132. The molecular weight excluding hydrogens is 1220 g/mol. The van der Waals surface area contributed by atoms with Crippen molar-refractivity contribution >= 4 is 95.2 Å². The number of nitrogens with zero attached hydrogens (tertiary/aromatic N) is 2. The Bertz CT molecular complexity index is 3790. The summed E-state index contributed by atoms with van der Waals surface area (Å²) in [5.74, 6) is -1.82. The molecule has 2 heterocycles. The Morgan fingerprint density at radius 2 is 1.08 bits per heavy atom. The third-order valence-electron chi connectivity index (χ3n) is 14.2. The summed E-state index contributed by atoms with van der Waals surface area (Å²) >= 11 is 0. The summed E-state index contributed by atoms with van der Waals surface area (Å²) in [6, 6.07) is 8.64. The predicted octanol–water partition coefficient (Wildman–Crippen LogP) is 5.10. The van der Waals surface area contributed by atoms with Crippen molar-refractivity contribution in [2.45, 2.75) is 97.1 Å². The van der Waals surface area contributed by atoms with Crippen LogP contribution < -0.4 is 4.90 Å². The summed E-state index contributed by atoms with van der Waals surface area (Å²) in [6.45, 7) is 8.68. The number of allylic oxidation sites excluding steroid dienone is 6. The molecule has 0 amide bonds. The van der Waals surface area contributed by atoms with Gasteiger partial charge in [0.15, 0.2) is 5.71 Å². The fourth-order valence-electron chi connectivity index (χ4n) is 10.5. The van der Waals surface area contributed by atoms with Crippen LogP contribution in [-0.2, 0) is 94.6 Å². The first-order valence-electron chi connectivity index (χ1n) is 26.4. The molecule has 1 N–H and O–H groups in total. The minimum atomic E-state index is -5.44. The molecule has 472 valence electrons. The molecule has 30 heteroatoms. The van der Waals surface area contributed by atoms with Crippen molar-refractivity contribution in [3.8, 4) is 0 Å². The lowest BCUT2D eigenvalue weighted by molar-refractivity contribution is -0.438. The number of anilines is 1. The van der Waals surface area contributed by atoms with E-state index < -0.39 is 92.7 Å². The highest BCUT2D eigenvalue weighted by Crippen LogP contribution is 2.54. The van der Waals surface area contributed by atoms with E-state index in [2.05, 4.69) is 0 Å². The van der Waals surface area contributed by atoms with Crippen LogP contribution in [0.15, 0.2) is 104 Å². The molecule has 85 heavy (non-hydrogen) atoms. The summed E-state index contributed by atoms with van der Waals surface area (Å²) in [4.78, 5) is 9.18. The average molecular weight is 1290 g/mol. The van der Waals surface area contributed by atoms with Crippen LogP contribution in [0, 0.1) is 0 Å². The molecule has 0 bridgehead atoms. The van der Waals surface area contributed by atoms with Gasteiger partial charge in [-0.1, -0.05) is 31.7 Å². The van der Waals surface area contributed by atoms with Gasteiger partial charge in [0.05, 0.1) is 108 Å². The Morgan fingerprint density at radius 3 is 1.56 bits per heavy atom. The maximum Gasteiger partial charge on any atom is 0.303 e. The molecule has 0 saturated heterocycles. The summed E-state index contributed by atoms with van der Waals surface area (Å²) in [5, 5.41) is 8.78. The normalized spacial score (nSPS) is 17.0. The molecule has 0 spiro atoms. The van der Waals surface area contributed by atoms with E-state index in [0.717, 1.165) is 12.1 Å². The zero-order valence-corrected chi connectivity index (χ0v) is 50.6. The largest absolute Gasteiger partial charge is 0.748 e. The highest BCUT2D eigenvalue weighted by atomic mass is 32.2. The number of methoxy groups -OCH3 is 1. The predicted molar refractivity (Wildman–Crippen MR) is 306 cm³/mol. The average Bonchev–Trinajstić information content (AvgIpc) is 1.79. The van der Waals surface area contributed by atoms with Gasteiger partial charge in [0.1, 0.15) is 47.0 Å². The van der Waals surface area contributed by atoms with Gasteiger partial charge in [-0.05, 0) is 111 Å². The fourth-order valence-corrected chi connectivity index (χ4v) is 13.7. The van der Waals surface area contributed by atoms with E-state index in [1.807, 2.05) is 4.58 Å². The Morgan fingerprint density at radius 1 is 0.588 bits per heavy atom. The minimum Gasteiger partial charge on any atom is -0.748 e. The van der Waals surface area contributed by atoms with Gasteiger partial charge < -0.3 is 61.2 Å². The van der Waals surface area contributed by atoms with E-state index >= 15 is 0 Å². The van der Waals surface area contributed by atoms with E-state index in [9.17, 15) is 74.8 Å². The monoisotopic (exact) mass is 1290 g/mol. The van der Waals surface area contributed by atoms with Gasteiger partial charge in [-0.25, -0.2) is 42.1 Å². The molecule has 0 radical (unpaired) electrons. The van der Waals surface area contributed by atoms with Gasteiger partial charge in [0, 0.05) is 72.1 Å². The second-order valence-corrected chi connectivity index (χ2v) is 27.3. The Kier molecular flexibility index (Phi) is 24.7. The molecule has 4 aromatic carbocycles. The lowest BCUT2D eigenvalue weighted by Crippen LogP contribution is -2.31. The lowest BCUT2D eigenvalue weighted by Gasteiger charge is -2.31. The number of ether oxygens (including phenoxy) is 6. The van der Waals surface area contributed by atoms with E-state index in [4.69, 9.17) is 28.4 Å². The smallest absolute Gasteiger partial charge is 0.303 e. The van der Waals surface area contributed by atoms with E-state index in [1.54, 1.807) is 69.2 Å². The van der Waals surface area contributed by atoms with Crippen LogP contribution in [0.2, 0.25) is 0 Å². The van der Waals surface area contributed by atoms with Crippen molar-refractivity contribution in [2.75, 3.05) is 104 Å². The van der Waals surface area contributed by atoms with Crippen LogP contribution >= 0.6 is 0 Å². The Hall–Kier alpha value is -5.13. The molecule has 4 aromatic rings. The summed E-state index contributed by atoms with van der Waals surface area (Å²) < 4.78 is 222. The molecule has 0 saturated carbocycles. The molecule has 25 nitrogen and oxygen atoms in total. The highest BCUT2D eigenvalue weighted by molar-refractivity contribution is 7.87. The van der Waals surface area contributed by atoms with Gasteiger partial charge >= 0.3 is 5.97 Å². The van der Waals surface area contributed by atoms with Gasteiger partial charge in [0.25, 0.3) is 0 Å².